The molecule has 1 radical (unpaired) electrons. The summed E-state index contributed by atoms with van der Waals surface area (Å²) in [6.07, 6.45) is 4.31. The van der Waals surface area contributed by atoms with Gasteiger partial charge in [0.15, 0.2) is 0 Å². The first-order valence-electron chi connectivity index (χ1n) is 7.03. The van der Waals surface area contributed by atoms with E-state index in [4.69, 9.17) is 16.0 Å². The smallest absolute Gasteiger partial charge is 0.223 e. The van der Waals surface area contributed by atoms with Crippen LogP contribution in [0.5, 0.6) is 0 Å². The van der Waals surface area contributed by atoms with Crippen molar-refractivity contribution in [1.82, 2.24) is 9.97 Å². The van der Waals surface area contributed by atoms with Gasteiger partial charge in [-0.15, -0.1) is 11.3 Å². The highest BCUT2D eigenvalue weighted by molar-refractivity contribution is 7.19. The van der Waals surface area contributed by atoms with E-state index in [9.17, 15) is 5.11 Å². The quantitative estimate of drug-likeness (QED) is 0.715. The molecule has 1 N–H and O–H groups in total. The van der Waals surface area contributed by atoms with Crippen molar-refractivity contribution in [3.8, 4) is 0 Å². The minimum atomic E-state index is 0.172. The van der Waals surface area contributed by atoms with Crippen LogP contribution >= 0.6 is 22.9 Å². The minimum Gasteiger partial charge on any atom is -0.469 e. The summed E-state index contributed by atoms with van der Waals surface area (Å²) in [5, 5.41) is 9.50. The fraction of sp³-hybridized carbons (Fsp3) is 0.312. The van der Waals surface area contributed by atoms with Crippen molar-refractivity contribution >= 4 is 33.2 Å². The predicted molar refractivity (Wildman–Crippen MR) is 88.3 cm³/mol. The van der Waals surface area contributed by atoms with E-state index in [0.29, 0.717) is 0 Å². The lowest BCUT2D eigenvalue weighted by molar-refractivity contribution is 0.237. The van der Waals surface area contributed by atoms with Crippen LogP contribution in [-0.4, -0.2) is 21.7 Å². The Morgan fingerprint density at radius 3 is 2.95 bits per heavy atom. The van der Waals surface area contributed by atoms with Gasteiger partial charge in [-0.2, -0.15) is 0 Å². The number of furan rings is 1. The van der Waals surface area contributed by atoms with Gasteiger partial charge in [0.1, 0.15) is 5.76 Å². The van der Waals surface area contributed by atoms with Gasteiger partial charge in [-0.25, -0.2) is 9.97 Å². The molecular formula is C16H16ClN2O2S. The maximum absolute atomic E-state index is 9.27. The van der Waals surface area contributed by atoms with Crippen LogP contribution in [0.2, 0.25) is 5.28 Å². The van der Waals surface area contributed by atoms with Gasteiger partial charge in [-0.1, -0.05) is 6.92 Å². The third-order valence-electron chi connectivity index (χ3n) is 3.53. The molecule has 0 amide bonds. The third-order valence-corrected chi connectivity index (χ3v) is 5.03. The van der Waals surface area contributed by atoms with Crippen molar-refractivity contribution in [1.29, 1.82) is 0 Å². The Labute approximate surface area is 137 Å². The Morgan fingerprint density at radius 2 is 2.27 bits per heavy atom. The van der Waals surface area contributed by atoms with Crippen molar-refractivity contribution in [2.75, 3.05) is 6.61 Å². The molecule has 3 heterocycles. The normalized spacial score (nSPS) is 12.9. The number of hydrogen-bond acceptors (Lipinski definition) is 5. The second kappa shape index (κ2) is 6.36. The van der Waals surface area contributed by atoms with E-state index in [1.807, 2.05) is 32.4 Å². The maximum atomic E-state index is 9.27. The maximum Gasteiger partial charge on any atom is 0.223 e. The molecular weight excluding hydrogens is 320 g/mol. The number of halogens is 1. The minimum absolute atomic E-state index is 0.172. The largest absolute Gasteiger partial charge is 0.469 e. The molecule has 115 valence electrons. The second-order valence-corrected chi connectivity index (χ2v) is 6.80. The third kappa shape index (κ3) is 3.02. The fourth-order valence-corrected chi connectivity index (χ4v) is 3.85. The standard InChI is InChI=1S/C16H16ClN2O2S/c1-9(8-20)6-13-10(2)14-15(22-13)12(18-16(17)19-14)7-11-4-3-5-21-11/h3-5,7,9,20H,6,8H2,1-2H3/t9-/m0/s1. The molecule has 0 aromatic carbocycles. The van der Waals surface area contributed by atoms with Crippen LogP contribution in [0, 0.1) is 19.3 Å². The van der Waals surface area contributed by atoms with Crippen molar-refractivity contribution in [2.24, 2.45) is 5.92 Å². The summed E-state index contributed by atoms with van der Waals surface area (Å²) in [7, 11) is 0. The summed E-state index contributed by atoms with van der Waals surface area (Å²) in [6.45, 7) is 4.24. The van der Waals surface area contributed by atoms with E-state index in [1.165, 1.54) is 4.88 Å². The van der Waals surface area contributed by atoms with Gasteiger partial charge in [-0.3, -0.25) is 0 Å². The molecule has 4 nitrogen and oxygen atoms in total. The molecule has 3 aromatic heterocycles. The summed E-state index contributed by atoms with van der Waals surface area (Å²) in [5.41, 5.74) is 2.75. The zero-order valence-electron chi connectivity index (χ0n) is 12.3. The number of rotatable bonds is 5. The molecule has 1 atom stereocenters. The lowest BCUT2D eigenvalue weighted by Gasteiger charge is -2.05. The lowest BCUT2D eigenvalue weighted by Crippen LogP contribution is -2.03. The summed E-state index contributed by atoms with van der Waals surface area (Å²) in [6, 6.07) is 3.71. The molecule has 0 bridgehead atoms. The number of nitrogens with zero attached hydrogens (tertiary/aromatic N) is 2. The second-order valence-electron chi connectivity index (χ2n) is 5.36. The first-order valence-corrected chi connectivity index (χ1v) is 8.22. The van der Waals surface area contributed by atoms with Crippen LogP contribution in [0.3, 0.4) is 0 Å². The van der Waals surface area contributed by atoms with Crippen LogP contribution in [0.25, 0.3) is 10.2 Å². The Kier molecular flexibility index (Phi) is 4.47. The molecule has 6 heteroatoms. The van der Waals surface area contributed by atoms with Gasteiger partial charge in [0.25, 0.3) is 0 Å². The highest BCUT2D eigenvalue weighted by atomic mass is 35.5. The Hall–Kier alpha value is -1.43. The molecule has 3 rings (SSSR count). The van der Waals surface area contributed by atoms with Crippen molar-refractivity contribution in [3.63, 3.8) is 0 Å². The highest BCUT2D eigenvalue weighted by Gasteiger charge is 2.18. The van der Waals surface area contributed by atoms with Crippen molar-refractivity contribution in [3.05, 3.63) is 52.0 Å². The van der Waals surface area contributed by atoms with Crippen LogP contribution in [0.15, 0.2) is 22.8 Å². The van der Waals surface area contributed by atoms with Crippen molar-refractivity contribution in [2.45, 2.75) is 20.3 Å². The fourth-order valence-electron chi connectivity index (χ4n) is 2.31. The molecule has 3 aromatic rings. The van der Waals surface area contributed by atoms with Crippen molar-refractivity contribution < 1.29 is 9.52 Å². The van der Waals surface area contributed by atoms with Gasteiger partial charge in [-0.05, 0) is 48.6 Å². The number of thiophene rings is 1. The molecule has 0 aliphatic heterocycles. The SMILES string of the molecule is Cc1c(C[C@H](C)CO)sc2c([CH]c3ccco3)nc(Cl)nc12. The van der Waals surface area contributed by atoms with Gasteiger partial charge in [0.05, 0.1) is 28.6 Å². The molecule has 0 saturated carbocycles. The number of aliphatic hydroxyl groups is 1. The van der Waals surface area contributed by atoms with Crippen LogP contribution in [0.4, 0.5) is 0 Å². The number of fused-ring (bicyclic) bond motifs is 1. The Morgan fingerprint density at radius 1 is 1.45 bits per heavy atom. The number of aliphatic hydroxyl groups excluding tert-OH is 1. The van der Waals surface area contributed by atoms with E-state index >= 15 is 0 Å². The summed E-state index contributed by atoms with van der Waals surface area (Å²) in [5.74, 6) is 0.945. The average Bonchev–Trinajstić information content (AvgIpc) is 3.09. The zero-order valence-corrected chi connectivity index (χ0v) is 13.9. The van der Waals surface area contributed by atoms with Gasteiger partial charge >= 0.3 is 0 Å². The molecule has 0 aliphatic rings. The van der Waals surface area contributed by atoms with Gasteiger partial charge < -0.3 is 9.52 Å². The molecule has 22 heavy (non-hydrogen) atoms. The van der Waals surface area contributed by atoms with E-state index in [0.717, 1.165) is 33.7 Å². The topological polar surface area (TPSA) is 59.2 Å². The van der Waals surface area contributed by atoms with Crippen LogP contribution in [0.1, 0.15) is 28.8 Å². The van der Waals surface area contributed by atoms with E-state index in [2.05, 4.69) is 9.97 Å². The first kappa shape index (κ1) is 15.5. The van der Waals surface area contributed by atoms with Gasteiger partial charge in [0, 0.05) is 11.5 Å². The summed E-state index contributed by atoms with van der Waals surface area (Å²) >= 11 is 7.73. The van der Waals surface area contributed by atoms with Crippen LogP contribution in [-0.2, 0) is 6.42 Å². The zero-order chi connectivity index (χ0) is 15.7. The number of hydrogen-bond donors (Lipinski definition) is 1. The molecule has 0 aliphatic carbocycles. The summed E-state index contributed by atoms with van der Waals surface area (Å²) in [4.78, 5) is 9.91. The predicted octanol–water partition coefficient (Wildman–Crippen LogP) is 4.02. The van der Waals surface area contributed by atoms with E-state index in [-0.39, 0.29) is 17.8 Å². The first-order chi connectivity index (χ1) is 10.6. The number of aryl methyl sites for hydroxylation is 1. The van der Waals surface area contributed by atoms with E-state index < -0.39 is 0 Å². The molecule has 0 spiro atoms. The lowest BCUT2D eigenvalue weighted by atomic mass is 10.1. The average molecular weight is 336 g/mol. The summed E-state index contributed by atoms with van der Waals surface area (Å²) < 4.78 is 6.36. The Balaban J connectivity index is 2.06. The van der Waals surface area contributed by atoms with Crippen LogP contribution < -0.4 is 0 Å². The van der Waals surface area contributed by atoms with E-state index in [1.54, 1.807) is 17.6 Å². The monoisotopic (exact) mass is 335 g/mol. The van der Waals surface area contributed by atoms with Gasteiger partial charge in [0.2, 0.25) is 5.28 Å². The number of aromatic nitrogens is 2. The highest BCUT2D eigenvalue weighted by Crippen LogP contribution is 2.35. The molecule has 0 saturated heterocycles. The molecule has 0 unspecified atom stereocenters. The Bertz CT molecular complexity index is 783. The molecule has 0 fully saturated rings.